The van der Waals surface area contributed by atoms with Crippen LogP contribution in [0.1, 0.15) is 70.2 Å². The molecule has 0 spiro atoms. The topological polar surface area (TPSA) is 40.5 Å². The number of phenolic OH excluding ortho intramolecular Hbond substituents is 2. The molecule has 2 aromatic carbocycles. The van der Waals surface area contributed by atoms with E-state index in [1.807, 2.05) is 24.3 Å². The SMILES string of the molecule is CCC(C)(c1ccc(O)c(CC(C)C)c1)c1ccc(O)c(CC(C)C)c1. The Labute approximate surface area is 158 Å². The Bertz CT molecular complexity index is 684. The highest BCUT2D eigenvalue weighted by Crippen LogP contribution is 2.39. The number of rotatable bonds is 7. The summed E-state index contributed by atoms with van der Waals surface area (Å²) in [5, 5.41) is 20.5. The van der Waals surface area contributed by atoms with Gasteiger partial charge in [0, 0.05) is 5.41 Å². The quantitative estimate of drug-likeness (QED) is 0.620. The Hall–Kier alpha value is -1.96. The second kappa shape index (κ2) is 8.16. The smallest absolute Gasteiger partial charge is 0.118 e. The summed E-state index contributed by atoms with van der Waals surface area (Å²) in [4.78, 5) is 0. The minimum atomic E-state index is -0.154. The van der Waals surface area contributed by atoms with Crippen molar-refractivity contribution >= 4 is 0 Å². The van der Waals surface area contributed by atoms with Crippen molar-refractivity contribution in [3.8, 4) is 11.5 Å². The van der Waals surface area contributed by atoms with Gasteiger partial charge in [0.25, 0.3) is 0 Å². The summed E-state index contributed by atoms with van der Waals surface area (Å²) >= 11 is 0. The van der Waals surface area contributed by atoms with Gasteiger partial charge in [0.15, 0.2) is 0 Å². The van der Waals surface area contributed by atoms with E-state index in [-0.39, 0.29) is 5.41 Å². The molecule has 0 aliphatic rings. The van der Waals surface area contributed by atoms with Crippen LogP contribution in [0.4, 0.5) is 0 Å². The van der Waals surface area contributed by atoms with Gasteiger partial charge in [0.1, 0.15) is 11.5 Å². The number of benzene rings is 2. The van der Waals surface area contributed by atoms with Crippen LogP contribution in [-0.2, 0) is 18.3 Å². The number of hydrogen-bond acceptors (Lipinski definition) is 2. The first kappa shape index (κ1) is 20.4. The second-order valence-electron chi connectivity index (χ2n) is 8.57. The van der Waals surface area contributed by atoms with Gasteiger partial charge in [-0.3, -0.25) is 0 Å². The molecule has 0 fully saturated rings. The monoisotopic (exact) mass is 354 g/mol. The largest absolute Gasteiger partial charge is 0.508 e. The zero-order valence-electron chi connectivity index (χ0n) is 17.1. The molecule has 2 N–H and O–H groups in total. The van der Waals surface area contributed by atoms with Gasteiger partial charge in [-0.2, -0.15) is 0 Å². The zero-order chi connectivity index (χ0) is 19.5. The molecule has 2 heteroatoms. The fourth-order valence-corrected chi connectivity index (χ4v) is 3.64. The second-order valence-corrected chi connectivity index (χ2v) is 8.57. The first-order valence-corrected chi connectivity index (χ1v) is 9.82. The van der Waals surface area contributed by atoms with Crippen molar-refractivity contribution in [1.29, 1.82) is 0 Å². The molecule has 0 saturated heterocycles. The molecule has 0 radical (unpaired) electrons. The van der Waals surface area contributed by atoms with E-state index in [0.29, 0.717) is 23.3 Å². The Kier molecular flexibility index (Phi) is 6.39. The summed E-state index contributed by atoms with van der Waals surface area (Å²) < 4.78 is 0. The molecule has 0 aliphatic heterocycles. The fourth-order valence-electron chi connectivity index (χ4n) is 3.64. The summed E-state index contributed by atoms with van der Waals surface area (Å²) in [7, 11) is 0. The van der Waals surface area contributed by atoms with E-state index in [0.717, 1.165) is 30.4 Å². The first-order chi connectivity index (χ1) is 12.2. The van der Waals surface area contributed by atoms with E-state index >= 15 is 0 Å². The van der Waals surface area contributed by atoms with E-state index < -0.39 is 0 Å². The number of phenols is 2. The third kappa shape index (κ3) is 4.41. The van der Waals surface area contributed by atoms with Gasteiger partial charge >= 0.3 is 0 Å². The lowest BCUT2D eigenvalue weighted by Crippen LogP contribution is -2.23. The van der Waals surface area contributed by atoms with Crippen LogP contribution in [0.25, 0.3) is 0 Å². The molecule has 2 nitrogen and oxygen atoms in total. The van der Waals surface area contributed by atoms with Crippen LogP contribution in [0.5, 0.6) is 11.5 Å². The van der Waals surface area contributed by atoms with Crippen molar-refractivity contribution in [1.82, 2.24) is 0 Å². The summed E-state index contributed by atoms with van der Waals surface area (Å²) in [6.07, 6.45) is 2.69. The van der Waals surface area contributed by atoms with Crippen molar-refractivity contribution in [3.63, 3.8) is 0 Å². The van der Waals surface area contributed by atoms with Crippen molar-refractivity contribution in [3.05, 3.63) is 58.7 Å². The van der Waals surface area contributed by atoms with E-state index in [1.165, 1.54) is 11.1 Å². The molecule has 0 amide bonds. The highest BCUT2D eigenvalue weighted by Gasteiger charge is 2.28. The van der Waals surface area contributed by atoms with Gasteiger partial charge in [-0.05, 0) is 65.5 Å². The molecule has 0 bridgehead atoms. The summed E-state index contributed by atoms with van der Waals surface area (Å²) in [5.74, 6) is 1.75. The van der Waals surface area contributed by atoms with Crippen LogP contribution in [0.3, 0.4) is 0 Å². The lowest BCUT2D eigenvalue weighted by Gasteiger charge is -2.31. The molecular formula is C24H34O2. The first-order valence-electron chi connectivity index (χ1n) is 9.82. The van der Waals surface area contributed by atoms with E-state index in [1.54, 1.807) is 0 Å². The predicted molar refractivity (Wildman–Crippen MR) is 110 cm³/mol. The third-order valence-corrected chi connectivity index (χ3v) is 5.40. The molecule has 0 heterocycles. The fraction of sp³-hybridized carbons (Fsp3) is 0.500. The standard InChI is InChI=1S/C24H34O2/c1-7-24(6,20-8-10-22(25)18(14-20)12-16(2)3)21-9-11-23(26)19(15-21)13-17(4)5/h8-11,14-17,25-26H,7,12-13H2,1-6H3. The van der Waals surface area contributed by atoms with Crippen molar-refractivity contribution < 1.29 is 10.2 Å². The molecule has 0 saturated carbocycles. The van der Waals surface area contributed by atoms with Gasteiger partial charge in [-0.25, -0.2) is 0 Å². The molecular weight excluding hydrogens is 320 g/mol. The van der Waals surface area contributed by atoms with Gasteiger partial charge < -0.3 is 10.2 Å². The molecule has 0 atom stereocenters. The van der Waals surface area contributed by atoms with Crippen LogP contribution in [0.2, 0.25) is 0 Å². The molecule has 0 unspecified atom stereocenters. The third-order valence-electron chi connectivity index (χ3n) is 5.40. The van der Waals surface area contributed by atoms with Gasteiger partial charge in [-0.15, -0.1) is 0 Å². The Morgan fingerprint density at radius 3 is 1.46 bits per heavy atom. The van der Waals surface area contributed by atoms with Crippen LogP contribution < -0.4 is 0 Å². The van der Waals surface area contributed by atoms with Crippen LogP contribution in [0.15, 0.2) is 36.4 Å². The molecule has 26 heavy (non-hydrogen) atoms. The maximum atomic E-state index is 10.2. The van der Waals surface area contributed by atoms with E-state index in [2.05, 4.69) is 53.7 Å². The molecule has 142 valence electrons. The number of hydrogen-bond donors (Lipinski definition) is 2. The number of aromatic hydroxyl groups is 2. The van der Waals surface area contributed by atoms with Crippen LogP contribution in [-0.4, -0.2) is 10.2 Å². The van der Waals surface area contributed by atoms with Crippen LogP contribution >= 0.6 is 0 Å². The zero-order valence-corrected chi connectivity index (χ0v) is 17.1. The van der Waals surface area contributed by atoms with Gasteiger partial charge in [0.05, 0.1) is 0 Å². The maximum absolute atomic E-state index is 10.2. The lowest BCUT2D eigenvalue weighted by molar-refractivity contribution is 0.458. The summed E-state index contributed by atoms with van der Waals surface area (Å²) in [6, 6.07) is 12.1. The molecule has 2 aromatic rings. The van der Waals surface area contributed by atoms with Gasteiger partial charge in [0.2, 0.25) is 0 Å². The minimum Gasteiger partial charge on any atom is -0.508 e. The molecule has 0 aliphatic carbocycles. The maximum Gasteiger partial charge on any atom is 0.118 e. The highest BCUT2D eigenvalue weighted by atomic mass is 16.3. The summed E-state index contributed by atoms with van der Waals surface area (Å²) in [6.45, 7) is 13.1. The highest BCUT2D eigenvalue weighted by molar-refractivity contribution is 5.47. The lowest BCUT2D eigenvalue weighted by atomic mass is 9.73. The van der Waals surface area contributed by atoms with E-state index in [9.17, 15) is 10.2 Å². The van der Waals surface area contributed by atoms with Crippen molar-refractivity contribution in [2.75, 3.05) is 0 Å². The molecule has 2 rings (SSSR count). The van der Waals surface area contributed by atoms with Crippen LogP contribution in [0, 0.1) is 11.8 Å². The normalized spacial score (nSPS) is 12.2. The predicted octanol–water partition coefficient (Wildman–Crippen LogP) is 6.21. The minimum absolute atomic E-state index is 0.154. The Morgan fingerprint density at radius 1 is 0.769 bits per heavy atom. The van der Waals surface area contributed by atoms with E-state index in [4.69, 9.17) is 0 Å². The Balaban J connectivity index is 2.51. The van der Waals surface area contributed by atoms with Crippen molar-refractivity contribution in [2.45, 2.75) is 66.2 Å². The average molecular weight is 355 g/mol. The average Bonchev–Trinajstić information content (AvgIpc) is 2.57. The molecule has 0 aromatic heterocycles. The van der Waals surface area contributed by atoms with Gasteiger partial charge in [-0.1, -0.05) is 65.8 Å². The summed E-state index contributed by atoms with van der Waals surface area (Å²) in [5.41, 5.74) is 4.31. The van der Waals surface area contributed by atoms with Crippen molar-refractivity contribution in [2.24, 2.45) is 11.8 Å². The Morgan fingerprint density at radius 2 is 1.15 bits per heavy atom.